The van der Waals surface area contributed by atoms with Crippen molar-refractivity contribution in [3.8, 4) is 23.0 Å². The first kappa shape index (κ1) is 25.8. The summed E-state index contributed by atoms with van der Waals surface area (Å²) in [4.78, 5) is 17.0. The minimum atomic E-state index is -1.07. The second kappa shape index (κ2) is 11.2. The van der Waals surface area contributed by atoms with Crippen LogP contribution >= 0.6 is 0 Å². The van der Waals surface area contributed by atoms with Crippen molar-refractivity contribution in [2.24, 2.45) is 0 Å². The number of hydrogen-bond donors (Lipinski definition) is 3. The Hall–Kier alpha value is -4.31. The van der Waals surface area contributed by atoms with Crippen LogP contribution in [0.3, 0.4) is 0 Å². The molecule has 1 heterocycles. The van der Waals surface area contributed by atoms with Crippen molar-refractivity contribution in [1.29, 1.82) is 0 Å². The summed E-state index contributed by atoms with van der Waals surface area (Å²) >= 11 is 0. The molecule has 0 bridgehead atoms. The zero-order valence-corrected chi connectivity index (χ0v) is 20.4. The summed E-state index contributed by atoms with van der Waals surface area (Å²) < 4.78 is 49.8. The summed E-state index contributed by atoms with van der Waals surface area (Å²) in [5, 5.41) is 12.6. The molecule has 194 valence electrons. The minimum Gasteiger partial charge on any atom is -0.497 e. The Morgan fingerprint density at radius 3 is 2.43 bits per heavy atom. The molecule has 0 radical (unpaired) electrons. The quantitative estimate of drug-likeness (QED) is 0.246. The van der Waals surface area contributed by atoms with E-state index < -0.39 is 23.5 Å². The van der Waals surface area contributed by atoms with Crippen molar-refractivity contribution < 1.29 is 37.6 Å². The summed E-state index contributed by atoms with van der Waals surface area (Å²) in [6.07, 6.45) is 1.48. The topological polar surface area (TPSA) is 102 Å². The number of aromatic nitrogens is 1. The molecule has 1 atom stereocenters. The molecule has 4 aromatic rings. The molecule has 1 unspecified atom stereocenters. The number of ether oxygens (including phenoxy) is 4. The highest BCUT2D eigenvalue weighted by Gasteiger charge is 2.28. The van der Waals surface area contributed by atoms with Crippen molar-refractivity contribution in [3.05, 3.63) is 77.5 Å². The molecule has 8 nitrogen and oxygen atoms in total. The average molecular weight is 513 g/mol. The molecule has 0 amide bonds. The highest BCUT2D eigenvalue weighted by Crippen LogP contribution is 2.36. The molecule has 10 heteroatoms. The van der Waals surface area contributed by atoms with Gasteiger partial charge in [-0.25, -0.2) is 8.78 Å². The van der Waals surface area contributed by atoms with Gasteiger partial charge < -0.3 is 34.4 Å². The van der Waals surface area contributed by atoms with Gasteiger partial charge in [0.15, 0.2) is 17.3 Å². The third-order valence-electron chi connectivity index (χ3n) is 5.78. The van der Waals surface area contributed by atoms with Crippen LogP contribution in [0, 0.1) is 11.6 Å². The third-order valence-corrected chi connectivity index (χ3v) is 5.78. The van der Waals surface area contributed by atoms with Crippen molar-refractivity contribution >= 4 is 22.4 Å². The number of methoxy groups -OCH3 is 3. The fourth-order valence-corrected chi connectivity index (χ4v) is 4.03. The number of carbonyl (C=O) groups excluding carboxylic acids is 1. The lowest BCUT2D eigenvalue weighted by Gasteiger charge is -2.22. The van der Waals surface area contributed by atoms with Crippen LogP contribution in [0.25, 0.3) is 10.9 Å². The lowest BCUT2D eigenvalue weighted by molar-refractivity contribution is 0.0970. The SMILES string of the molecule is COc1cc(NC(C(=O)c2c[nH]c3cc(OC)c(F)cc23)c2ccc(F)cc2OC)cc(OCCO)c1. The van der Waals surface area contributed by atoms with E-state index in [-0.39, 0.29) is 30.3 Å². The van der Waals surface area contributed by atoms with Crippen LogP contribution in [-0.2, 0) is 0 Å². The number of aliphatic hydroxyl groups is 1. The van der Waals surface area contributed by atoms with E-state index in [4.69, 9.17) is 24.1 Å². The maximum Gasteiger partial charge on any atom is 0.191 e. The normalized spacial score (nSPS) is 11.7. The van der Waals surface area contributed by atoms with E-state index in [1.54, 1.807) is 18.2 Å². The van der Waals surface area contributed by atoms with Gasteiger partial charge in [-0.3, -0.25) is 4.79 Å². The van der Waals surface area contributed by atoms with Gasteiger partial charge in [0.1, 0.15) is 35.7 Å². The highest BCUT2D eigenvalue weighted by molar-refractivity contribution is 6.12. The van der Waals surface area contributed by atoms with Crippen molar-refractivity contribution in [2.45, 2.75) is 6.04 Å². The van der Waals surface area contributed by atoms with Gasteiger partial charge in [0.25, 0.3) is 0 Å². The van der Waals surface area contributed by atoms with Crippen LogP contribution in [0.15, 0.2) is 54.7 Å². The summed E-state index contributed by atoms with van der Waals surface area (Å²) in [6, 6.07) is 10.4. The fourth-order valence-electron chi connectivity index (χ4n) is 4.03. The van der Waals surface area contributed by atoms with Crippen molar-refractivity contribution in [2.75, 3.05) is 39.9 Å². The van der Waals surface area contributed by atoms with Gasteiger partial charge in [-0.2, -0.15) is 0 Å². The number of anilines is 1. The summed E-state index contributed by atoms with van der Waals surface area (Å²) in [5.41, 5.74) is 1.52. The molecule has 3 aromatic carbocycles. The first-order valence-corrected chi connectivity index (χ1v) is 11.3. The molecule has 1 aromatic heterocycles. The van der Waals surface area contributed by atoms with Gasteiger partial charge >= 0.3 is 0 Å². The summed E-state index contributed by atoms with van der Waals surface area (Å²) in [6.45, 7) is -0.124. The van der Waals surface area contributed by atoms with Crippen LogP contribution < -0.4 is 24.3 Å². The first-order valence-electron chi connectivity index (χ1n) is 11.3. The monoisotopic (exact) mass is 512 g/mol. The van der Waals surface area contributed by atoms with Crippen LogP contribution in [0.1, 0.15) is 22.0 Å². The molecular weight excluding hydrogens is 486 g/mol. The zero-order valence-electron chi connectivity index (χ0n) is 20.4. The average Bonchev–Trinajstić information content (AvgIpc) is 3.32. The lowest BCUT2D eigenvalue weighted by atomic mass is 9.95. The Labute approximate surface area is 211 Å². The second-order valence-electron chi connectivity index (χ2n) is 8.03. The van der Waals surface area contributed by atoms with Crippen LogP contribution in [0.4, 0.5) is 14.5 Å². The van der Waals surface area contributed by atoms with E-state index in [9.17, 15) is 13.6 Å². The molecular formula is C27H26F2N2O6. The number of halogens is 2. The summed E-state index contributed by atoms with van der Waals surface area (Å²) in [5.74, 6) is -0.555. The Bertz CT molecular complexity index is 1420. The molecule has 0 aliphatic rings. The predicted molar refractivity (Wildman–Crippen MR) is 134 cm³/mol. The van der Waals surface area contributed by atoms with Crippen LogP contribution in [-0.4, -0.2) is 50.4 Å². The van der Waals surface area contributed by atoms with Gasteiger partial charge in [-0.05, 0) is 18.2 Å². The fraction of sp³-hybridized carbons (Fsp3) is 0.222. The molecule has 0 fully saturated rings. The van der Waals surface area contributed by atoms with Crippen LogP contribution in [0.2, 0.25) is 0 Å². The molecule has 3 N–H and O–H groups in total. The molecule has 37 heavy (non-hydrogen) atoms. The number of aliphatic hydroxyl groups excluding tert-OH is 1. The number of ketones is 1. The largest absolute Gasteiger partial charge is 0.497 e. The molecule has 0 aliphatic heterocycles. The van der Waals surface area contributed by atoms with E-state index in [2.05, 4.69) is 10.3 Å². The van der Waals surface area contributed by atoms with E-state index in [1.165, 1.54) is 57.9 Å². The maximum atomic E-state index is 14.5. The Balaban J connectivity index is 1.82. The Kier molecular flexibility index (Phi) is 7.78. The first-order chi connectivity index (χ1) is 17.9. The van der Waals surface area contributed by atoms with Crippen molar-refractivity contribution in [3.63, 3.8) is 0 Å². The second-order valence-corrected chi connectivity index (χ2v) is 8.03. The maximum absolute atomic E-state index is 14.5. The molecule has 0 saturated carbocycles. The molecule has 0 aliphatic carbocycles. The minimum absolute atomic E-state index is 0.0371. The number of aromatic amines is 1. The summed E-state index contributed by atoms with van der Waals surface area (Å²) in [7, 11) is 4.21. The molecule has 4 rings (SSSR count). The molecule has 0 saturated heterocycles. The highest BCUT2D eigenvalue weighted by atomic mass is 19.1. The zero-order chi connectivity index (χ0) is 26.5. The number of benzene rings is 3. The smallest absolute Gasteiger partial charge is 0.191 e. The number of Topliss-reactive ketones (excluding diaryl/α,β-unsaturated/α-hetero) is 1. The number of H-pyrrole nitrogens is 1. The van der Waals surface area contributed by atoms with Gasteiger partial charge in [0.05, 0.1) is 33.5 Å². The number of hydrogen-bond acceptors (Lipinski definition) is 7. The standard InChI is InChI=1S/C27H26F2N2O6/c1-34-17-9-16(10-18(11-17)37-7-6-32)31-26(19-5-4-15(28)8-24(19)35-2)27(33)21-14-30-23-13-25(36-3)22(29)12-20(21)23/h4-5,8-14,26,30-32H,6-7H2,1-3H3. The Morgan fingerprint density at radius 1 is 0.973 bits per heavy atom. The lowest BCUT2D eigenvalue weighted by Crippen LogP contribution is -2.22. The third kappa shape index (κ3) is 5.44. The van der Waals surface area contributed by atoms with Gasteiger partial charge in [-0.15, -0.1) is 0 Å². The van der Waals surface area contributed by atoms with Gasteiger partial charge in [0, 0.05) is 58.7 Å². The Morgan fingerprint density at radius 2 is 1.73 bits per heavy atom. The van der Waals surface area contributed by atoms with Gasteiger partial charge in [-0.1, -0.05) is 0 Å². The van der Waals surface area contributed by atoms with Crippen LogP contribution in [0.5, 0.6) is 23.0 Å². The molecule has 0 spiro atoms. The number of carbonyl (C=O) groups is 1. The number of nitrogens with one attached hydrogen (secondary N) is 2. The van der Waals surface area contributed by atoms with Gasteiger partial charge in [0.2, 0.25) is 0 Å². The van der Waals surface area contributed by atoms with Crippen molar-refractivity contribution in [1.82, 2.24) is 4.98 Å². The van der Waals surface area contributed by atoms with E-state index >= 15 is 0 Å². The van der Waals surface area contributed by atoms with E-state index in [0.717, 1.165) is 0 Å². The van der Waals surface area contributed by atoms with E-state index in [0.29, 0.717) is 33.7 Å². The predicted octanol–water partition coefficient (Wildman–Crippen LogP) is 4.88. The number of rotatable bonds is 11. The number of fused-ring (bicyclic) bond motifs is 1. The van der Waals surface area contributed by atoms with E-state index in [1.807, 2.05) is 0 Å².